The van der Waals surface area contributed by atoms with E-state index in [0.717, 1.165) is 54.2 Å². The molecular weight excluding hydrogens is 420 g/mol. The van der Waals surface area contributed by atoms with Crippen molar-refractivity contribution >= 4 is 56.2 Å². The van der Waals surface area contributed by atoms with Gasteiger partial charge in [-0.25, -0.2) is 9.78 Å². The summed E-state index contributed by atoms with van der Waals surface area (Å²) < 4.78 is 7.43. The number of halogens is 1. The van der Waals surface area contributed by atoms with Crippen molar-refractivity contribution in [2.75, 3.05) is 6.61 Å². The van der Waals surface area contributed by atoms with Crippen LogP contribution in [0.15, 0.2) is 16.9 Å². The van der Waals surface area contributed by atoms with E-state index in [1.807, 2.05) is 0 Å². The van der Waals surface area contributed by atoms with E-state index in [-0.39, 0.29) is 17.9 Å². The first-order valence-electron chi connectivity index (χ1n) is 8.94. The first kappa shape index (κ1) is 19.3. The van der Waals surface area contributed by atoms with Gasteiger partial charge in [-0.3, -0.25) is 14.2 Å². The van der Waals surface area contributed by atoms with E-state index in [1.54, 1.807) is 23.6 Å². The number of carbonyl (C=O) groups excluding carboxylic acids is 2. The quantitative estimate of drug-likeness (QED) is 0.451. The van der Waals surface area contributed by atoms with Crippen LogP contribution in [0.25, 0.3) is 10.2 Å². The van der Waals surface area contributed by atoms with E-state index >= 15 is 0 Å². The predicted octanol–water partition coefficient (Wildman–Crippen LogP) is 4.25. The van der Waals surface area contributed by atoms with Gasteiger partial charge in [0.05, 0.1) is 14.6 Å². The van der Waals surface area contributed by atoms with Gasteiger partial charge in [0.2, 0.25) is 5.78 Å². The molecule has 28 heavy (non-hydrogen) atoms. The number of nitrogens with zero attached hydrogens (tertiary/aromatic N) is 2. The Balaban J connectivity index is 1.61. The van der Waals surface area contributed by atoms with Crippen molar-refractivity contribution in [1.82, 2.24) is 9.55 Å². The highest BCUT2D eigenvalue weighted by molar-refractivity contribution is 7.20. The summed E-state index contributed by atoms with van der Waals surface area (Å²) in [6.45, 7) is 2.01. The number of aryl methyl sites for hydroxylation is 2. The molecule has 0 radical (unpaired) electrons. The zero-order valence-electron chi connectivity index (χ0n) is 15.1. The average molecular weight is 437 g/mol. The number of thiophene rings is 2. The molecule has 1 aliphatic rings. The molecule has 3 aromatic heterocycles. The number of hydrogen-bond acceptors (Lipinski definition) is 7. The van der Waals surface area contributed by atoms with Crippen LogP contribution >= 0.6 is 34.3 Å². The fourth-order valence-corrected chi connectivity index (χ4v) is 5.39. The molecule has 0 atom stereocenters. The normalized spacial score (nSPS) is 13.9. The molecule has 146 valence electrons. The minimum absolute atomic E-state index is 0.0981. The summed E-state index contributed by atoms with van der Waals surface area (Å²) in [4.78, 5) is 43.6. The van der Waals surface area contributed by atoms with Crippen molar-refractivity contribution in [2.45, 2.75) is 39.2 Å². The molecule has 0 fully saturated rings. The number of ketones is 1. The molecule has 1 aliphatic heterocycles. The van der Waals surface area contributed by atoms with Crippen molar-refractivity contribution in [3.8, 4) is 0 Å². The largest absolute Gasteiger partial charge is 0.453 e. The zero-order chi connectivity index (χ0) is 19.8. The summed E-state index contributed by atoms with van der Waals surface area (Å²) in [6.07, 6.45) is 3.80. The molecule has 0 aromatic carbocycles. The Morgan fingerprint density at radius 2 is 2.07 bits per heavy atom. The highest BCUT2D eigenvalue weighted by atomic mass is 35.5. The fourth-order valence-electron chi connectivity index (χ4n) is 3.34. The zero-order valence-corrected chi connectivity index (χ0v) is 17.5. The van der Waals surface area contributed by atoms with E-state index in [9.17, 15) is 14.4 Å². The maximum Gasteiger partial charge on any atom is 0.349 e. The van der Waals surface area contributed by atoms with Gasteiger partial charge in [-0.1, -0.05) is 18.0 Å². The van der Waals surface area contributed by atoms with Crippen LogP contribution in [0.5, 0.6) is 0 Å². The number of rotatable bonds is 4. The van der Waals surface area contributed by atoms with Crippen molar-refractivity contribution < 1.29 is 14.3 Å². The lowest BCUT2D eigenvalue weighted by molar-refractivity contribution is 0.0480. The Morgan fingerprint density at radius 1 is 1.25 bits per heavy atom. The first-order valence-corrected chi connectivity index (χ1v) is 11.0. The standard InChI is InChI=1S/C19H17ClN2O4S2/c1-10-15-17(21-14-5-3-2-4-8-22(14)18(15)24)28-16(10)19(25)26-9-11(23)12-6-7-13(20)27-12/h6-7H,2-5,8-9H2,1H3. The summed E-state index contributed by atoms with van der Waals surface area (Å²) in [5.74, 6) is -0.147. The second kappa shape index (κ2) is 7.77. The summed E-state index contributed by atoms with van der Waals surface area (Å²) >= 11 is 8.12. The van der Waals surface area contributed by atoms with Gasteiger partial charge in [0.25, 0.3) is 5.56 Å². The van der Waals surface area contributed by atoms with Crippen molar-refractivity contribution in [3.63, 3.8) is 0 Å². The number of carbonyl (C=O) groups is 2. The smallest absolute Gasteiger partial charge is 0.349 e. The molecule has 0 unspecified atom stereocenters. The lowest BCUT2D eigenvalue weighted by atomic mass is 10.2. The van der Waals surface area contributed by atoms with Gasteiger partial charge < -0.3 is 4.74 Å². The van der Waals surface area contributed by atoms with Crippen LogP contribution in [0.2, 0.25) is 4.34 Å². The molecule has 9 heteroatoms. The lowest BCUT2D eigenvalue weighted by Crippen LogP contribution is -2.24. The third-order valence-corrected chi connectivity index (χ3v) is 7.22. The third-order valence-electron chi connectivity index (χ3n) is 4.78. The highest BCUT2D eigenvalue weighted by Gasteiger charge is 2.23. The molecule has 0 N–H and O–H groups in total. The molecule has 4 heterocycles. The Labute approximate surface area is 173 Å². The van der Waals surface area contributed by atoms with Gasteiger partial charge in [-0.2, -0.15) is 0 Å². The summed E-state index contributed by atoms with van der Waals surface area (Å²) in [7, 11) is 0. The van der Waals surface area contributed by atoms with Crippen LogP contribution < -0.4 is 5.56 Å². The second-order valence-electron chi connectivity index (χ2n) is 6.63. The first-order chi connectivity index (χ1) is 13.5. The summed E-state index contributed by atoms with van der Waals surface area (Å²) in [6, 6.07) is 3.23. The summed E-state index contributed by atoms with van der Waals surface area (Å²) in [5, 5.41) is 0.471. The van der Waals surface area contributed by atoms with Crippen LogP contribution in [0.1, 0.15) is 50.0 Å². The van der Waals surface area contributed by atoms with E-state index in [2.05, 4.69) is 4.98 Å². The van der Waals surface area contributed by atoms with Gasteiger partial charge in [-0.05, 0) is 37.5 Å². The maximum atomic E-state index is 12.9. The van der Waals surface area contributed by atoms with Crippen molar-refractivity contribution in [1.29, 1.82) is 0 Å². The number of esters is 1. The molecule has 4 rings (SSSR count). The van der Waals surface area contributed by atoms with Gasteiger partial charge in [0.1, 0.15) is 15.5 Å². The van der Waals surface area contributed by atoms with Crippen molar-refractivity contribution in [2.24, 2.45) is 0 Å². The molecule has 0 spiro atoms. The Bertz CT molecular complexity index is 1140. The minimum Gasteiger partial charge on any atom is -0.453 e. The van der Waals surface area contributed by atoms with Crippen LogP contribution in [-0.4, -0.2) is 27.9 Å². The number of fused-ring (bicyclic) bond motifs is 2. The second-order valence-corrected chi connectivity index (χ2v) is 9.35. The number of aromatic nitrogens is 2. The monoisotopic (exact) mass is 436 g/mol. The van der Waals surface area contributed by atoms with Crippen LogP contribution in [0, 0.1) is 6.92 Å². The number of hydrogen-bond donors (Lipinski definition) is 0. The Hall–Kier alpha value is -2.03. The summed E-state index contributed by atoms with van der Waals surface area (Å²) in [5.41, 5.74) is 0.465. The van der Waals surface area contributed by atoms with Gasteiger partial charge in [0, 0.05) is 13.0 Å². The van der Waals surface area contributed by atoms with Gasteiger partial charge >= 0.3 is 5.97 Å². The van der Waals surface area contributed by atoms with E-state index < -0.39 is 5.97 Å². The Kier molecular flexibility index (Phi) is 5.35. The third kappa shape index (κ3) is 3.52. The number of Topliss-reactive ketones (excluding diaryl/α,β-unsaturated/α-hetero) is 1. The van der Waals surface area contributed by atoms with Crippen molar-refractivity contribution in [3.05, 3.63) is 48.0 Å². The van der Waals surface area contributed by atoms with E-state index in [4.69, 9.17) is 16.3 Å². The van der Waals surface area contributed by atoms with Crippen LogP contribution in [0.4, 0.5) is 0 Å². The predicted molar refractivity (Wildman–Crippen MR) is 110 cm³/mol. The molecule has 3 aromatic rings. The molecule has 0 saturated carbocycles. The van der Waals surface area contributed by atoms with Crippen LogP contribution in [0.3, 0.4) is 0 Å². The Morgan fingerprint density at radius 3 is 2.82 bits per heavy atom. The molecular formula is C19H17ClN2O4S2. The van der Waals surface area contributed by atoms with E-state index in [0.29, 0.717) is 36.4 Å². The average Bonchev–Trinajstić information content (AvgIpc) is 3.15. The molecule has 0 aliphatic carbocycles. The van der Waals surface area contributed by atoms with Gasteiger partial charge in [0.15, 0.2) is 6.61 Å². The maximum absolute atomic E-state index is 12.9. The molecule has 6 nitrogen and oxygen atoms in total. The topological polar surface area (TPSA) is 78.3 Å². The molecule has 0 saturated heterocycles. The lowest BCUT2D eigenvalue weighted by Gasteiger charge is -2.08. The number of ether oxygens (including phenoxy) is 1. The van der Waals surface area contributed by atoms with Gasteiger partial charge in [-0.15, -0.1) is 22.7 Å². The molecule has 0 bridgehead atoms. The van der Waals surface area contributed by atoms with E-state index in [1.165, 1.54) is 0 Å². The molecule has 0 amide bonds. The minimum atomic E-state index is -0.615. The SMILES string of the molecule is Cc1c(C(=O)OCC(=O)c2ccc(Cl)s2)sc2nc3n(c(=O)c12)CCCCC3. The van der Waals surface area contributed by atoms with Crippen LogP contribution in [-0.2, 0) is 17.7 Å². The highest BCUT2D eigenvalue weighted by Crippen LogP contribution is 2.29. The fraction of sp³-hybridized carbons (Fsp3) is 0.368.